The van der Waals surface area contributed by atoms with Crippen LogP contribution in [0.15, 0.2) is 24.3 Å². The van der Waals surface area contributed by atoms with Crippen LogP contribution in [0.1, 0.15) is 46.5 Å². The van der Waals surface area contributed by atoms with Crippen molar-refractivity contribution < 1.29 is 21.6 Å². The highest BCUT2D eigenvalue weighted by molar-refractivity contribution is 7.93. The van der Waals surface area contributed by atoms with E-state index in [0.717, 1.165) is 0 Å². The van der Waals surface area contributed by atoms with Gasteiger partial charge in [0.05, 0.1) is 16.2 Å². The van der Waals surface area contributed by atoms with Crippen LogP contribution < -0.4 is 14.3 Å². The van der Waals surface area contributed by atoms with Crippen molar-refractivity contribution in [1.29, 1.82) is 0 Å². The van der Waals surface area contributed by atoms with Gasteiger partial charge in [0.1, 0.15) is 0 Å². The number of rotatable bonds is 8. The SMILES string of the molecule is CC(C)(C)S(=O)(=O)NCCCCC(=O)Nc1cccc(N2CCCS2(=O)=O)c1. The Hall–Kier alpha value is -1.65. The van der Waals surface area contributed by atoms with Gasteiger partial charge in [-0.1, -0.05) is 6.07 Å². The monoisotopic (exact) mass is 431 g/mol. The zero-order valence-corrected chi connectivity index (χ0v) is 18.2. The maximum atomic E-state index is 12.1. The number of hydrogen-bond donors (Lipinski definition) is 2. The Morgan fingerprint density at radius 2 is 1.93 bits per heavy atom. The van der Waals surface area contributed by atoms with Gasteiger partial charge < -0.3 is 5.32 Å². The quantitative estimate of drug-likeness (QED) is 0.612. The third-order valence-corrected chi connectivity index (χ3v) is 8.51. The van der Waals surface area contributed by atoms with E-state index in [1.54, 1.807) is 45.0 Å². The molecule has 1 heterocycles. The average Bonchev–Trinajstić information content (AvgIpc) is 2.93. The van der Waals surface area contributed by atoms with Crippen LogP contribution in [0, 0.1) is 0 Å². The molecule has 0 saturated carbocycles. The molecule has 10 heteroatoms. The van der Waals surface area contributed by atoms with Gasteiger partial charge in [-0.3, -0.25) is 9.10 Å². The number of carbonyl (C=O) groups is 1. The van der Waals surface area contributed by atoms with Gasteiger partial charge in [-0.2, -0.15) is 0 Å². The summed E-state index contributed by atoms with van der Waals surface area (Å²) in [4.78, 5) is 12.1. The Balaban J connectivity index is 1.80. The van der Waals surface area contributed by atoms with E-state index in [1.165, 1.54) is 4.31 Å². The highest BCUT2D eigenvalue weighted by Crippen LogP contribution is 2.26. The van der Waals surface area contributed by atoms with Crippen molar-refractivity contribution in [3.63, 3.8) is 0 Å². The molecular formula is C18H29N3O5S2. The maximum Gasteiger partial charge on any atom is 0.235 e. The first kappa shape index (κ1) is 22.6. The minimum absolute atomic E-state index is 0.141. The second-order valence-corrected chi connectivity index (χ2v) is 12.3. The molecule has 1 aliphatic heterocycles. The van der Waals surface area contributed by atoms with E-state index in [-0.39, 0.29) is 24.6 Å². The fraction of sp³-hybridized carbons (Fsp3) is 0.611. The van der Waals surface area contributed by atoms with Crippen LogP contribution in [0.3, 0.4) is 0 Å². The predicted octanol–water partition coefficient (Wildman–Crippen LogP) is 2.05. The number of sulfonamides is 2. The summed E-state index contributed by atoms with van der Waals surface area (Å²) in [6.45, 7) is 5.62. The molecule has 0 bridgehead atoms. The first-order valence-electron chi connectivity index (χ1n) is 9.32. The van der Waals surface area contributed by atoms with Crippen molar-refractivity contribution in [1.82, 2.24) is 4.72 Å². The Labute approximate surface area is 167 Å². The molecule has 158 valence electrons. The van der Waals surface area contributed by atoms with Gasteiger partial charge >= 0.3 is 0 Å². The highest BCUT2D eigenvalue weighted by Gasteiger charge is 2.29. The lowest BCUT2D eigenvalue weighted by molar-refractivity contribution is -0.116. The molecule has 8 nitrogen and oxygen atoms in total. The van der Waals surface area contributed by atoms with Crippen LogP contribution >= 0.6 is 0 Å². The molecule has 0 aromatic heterocycles. The largest absolute Gasteiger partial charge is 0.326 e. The maximum absolute atomic E-state index is 12.1. The fourth-order valence-electron chi connectivity index (χ4n) is 2.73. The van der Waals surface area contributed by atoms with Gasteiger partial charge in [0.15, 0.2) is 0 Å². The summed E-state index contributed by atoms with van der Waals surface area (Å²) in [7, 11) is -6.64. The Morgan fingerprint density at radius 3 is 2.54 bits per heavy atom. The van der Waals surface area contributed by atoms with Crippen molar-refractivity contribution in [3.05, 3.63) is 24.3 Å². The molecule has 0 radical (unpaired) electrons. The zero-order chi connectivity index (χ0) is 21.0. The van der Waals surface area contributed by atoms with Crippen molar-refractivity contribution in [2.24, 2.45) is 0 Å². The normalized spacial score (nSPS) is 16.9. The molecule has 1 aliphatic rings. The predicted molar refractivity (Wildman–Crippen MR) is 111 cm³/mol. The smallest absolute Gasteiger partial charge is 0.235 e. The number of carbonyl (C=O) groups excluding carboxylic acids is 1. The number of unbranched alkanes of at least 4 members (excludes halogenated alkanes) is 1. The van der Waals surface area contributed by atoms with E-state index in [9.17, 15) is 21.6 Å². The van der Waals surface area contributed by atoms with E-state index in [2.05, 4.69) is 10.0 Å². The molecule has 1 saturated heterocycles. The van der Waals surface area contributed by atoms with Crippen molar-refractivity contribution in [2.75, 3.05) is 28.5 Å². The van der Waals surface area contributed by atoms with E-state index in [0.29, 0.717) is 37.2 Å². The van der Waals surface area contributed by atoms with Crippen LogP contribution in [0.25, 0.3) is 0 Å². The van der Waals surface area contributed by atoms with Crippen LogP contribution in [0.2, 0.25) is 0 Å². The molecule has 1 aromatic carbocycles. The summed E-state index contributed by atoms with van der Waals surface area (Å²) < 4.78 is 51.0. The Kier molecular flexibility index (Phi) is 7.11. The second-order valence-electron chi connectivity index (χ2n) is 7.81. The van der Waals surface area contributed by atoms with E-state index < -0.39 is 24.8 Å². The van der Waals surface area contributed by atoms with Crippen molar-refractivity contribution >= 4 is 37.3 Å². The molecule has 1 amide bonds. The summed E-state index contributed by atoms with van der Waals surface area (Å²) in [6, 6.07) is 6.78. The van der Waals surface area contributed by atoms with Crippen LogP contribution in [0.4, 0.5) is 11.4 Å². The summed E-state index contributed by atoms with van der Waals surface area (Å²) in [5.41, 5.74) is 1.09. The molecule has 0 aliphatic carbocycles. The molecule has 1 aromatic rings. The van der Waals surface area contributed by atoms with Gasteiger partial charge in [-0.05, 0) is 58.2 Å². The van der Waals surface area contributed by atoms with Crippen molar-refractivity contribution in [3.8, 4) is 0 Å². The highest BCUT2D eigenvalue weighted by atomic mass is 32.2. The van der Waals surface area contributed by atoms with Crippen molar-refractivity contribution in [2.45, 2.75) is 51.2 Å². The molecule has 1 fully saturated rings. The third kappa shape index (κ3) is 5.92. The molecular weight excluding hydrogens is 402 g/mol. The minimum atomic E-state index is -3.37. The van der Waals surface area contributed by atoms with Crippen LogP contribution in [-0.4, -0.2) is 46.3 Å². The first-order valence-corrected chi connectivity index (χ1v) is 12.4. The van der Waals surface area contributed by atoms with Gasteiger partial charge in [-0.25, -0.2) is 21.6 Å². The number of nitrogens with one attached hydrogen (secondary N) is 2. The second kappa shape index (κ2) is 8.79. The number of hydrogen-bond acceptors (Lipinski definition) is 5. The molecule has 28 heavy (non-hydrogen) atoms. The number of amides is 1. The average molecular weight is 432 g/mol. The van der Waals surface area contributed by atoms with E-state index in [4.69, 9.17) is 0 Å². The first-order chi connectivity index (χ1) is 12.9. The summed E-state index contributed by atoms with van der Waals surface area (Å²) in [5, 5.41) is 2.77. The fourth-order valence-corrected chi connectivity index (χ4v) is 5.13. The molecule has 2 rings (SSSR count). The van der Waals surface area contributed by atoms with Gasteiger partial charge in [0, 0.05) is 25.2 Å². The Bertz CT molecular complexity index is 905. The van der Waals surface area contributed by atoms with E-state index in [1.807, 2.05) is 0 Å². The van der Waals surface area contributed by atoms with Gasteiger partial charge in [0.2, 0.25) is 26.0 Å². The number of benzene rings is 1. The molecule has 0 spiro atoms. The third-order valence-electron chi connectivity index (χ3n) is 4.45. The standard InChI is InChI=1S/C18H29N3O5S2/c1-18(2,3)28(25,26)19-11-5-4-10-17(22)20-15-8-6-9-16(14-15)21-12-7-13-27(21,23)24/h6,8-9,14,19H,4-5,7,10-13H2,1-3H3,(H,20,22). The Morgan fingerprint density at radius 1 is 1.21 bits per heavy atom. The lowest BCUT2D eigenvalue weighted by Crippen LogP contribution is -2.39. The van der Waals surface area contributed by atoms with E-state index >= 15 is 0 Å². The molecule has 2 N–H and O–H groups in total. The van der Waals surface area contributed by atoms with Crippen LogP contribution in [0.5, 0.6) is 0 Å². The molecule has 0 unspecified atom stereocenters. The topological polar surface area (TPSA) is 113 Å². The minimum Gasteiger partial charge on any atom is -0.326 e. The summed E-state index contributed by atoms with van der Waals surface area (Å²) >= 11 is 0. The number of nitrogens with zero attached hydrogens (tertiary/aromatic N) is 1. The summed E-state index contributed by atoms with van der Waals surface area (Å²) in [6.07, 6.45) is 1.94. The molecule has 0 atom stereocenters. The lowest BCUT2D eigenvalue weighted by Gasteiger charge is -2.19. The zero-order valence-electron chi connectivity index (χ0n) is 16.6. The van der Waals surface area contributed by atoms with Gasteiger partial charge in [0.25, 0.3) is 0 Å². The van der Waals surface area contributed by atoms with Gasteiger partial charge in [-0.15, -0.1) is 0 Å². The van der Waals surface area contributed by atoms with Crippen LogP contribution in [-0.2, 0) is 24.8 Å². The lowest BCUT2D eigenvalue weighted by atomic mass is 10.2. The number of anilines is 2. The summed E-state index contributed by atoms with van der Waals surface area (Å²) in [5.74, 6) is -0.0529.